The van der Waals surface area contributed by atoms with Crippen molar-refractivity contribution in [1.82, 2.24) is 0 Å². The summed E-state index contributed by atoms with van der Waals surface area (Å²) < 4.78 is 0. The lowest BCUT2D eigenvalue weighted by atomic mass is 10.2. The second kappa shape index (κ2) is 8.53. The molecular weight excluding hydrogens is 182 g/mol. The van der Waals surface area contributed by atoms with Crippen LogP contribution in [0, 0.1) is 5.41 Å². The molecule has 0 fully saturated rings. The molecule has 13 heavy (non-hydrogen) atoms. The zero-order valence-corrected chi connectivity index (χ0v) is 7.75. The minimum absolute atomic E-state index is 0.771. The highest BCUT2D eigenvalue weighted by atomic mass is 32.1. The molecule has 0 saturated carbocycles. The van der Waals surface area contributed by atoms with Crippen LogP contribution < -0.4 is 0 Å². The Morgan fingerprint density at radius 1 is 1.31 bits per heavy atom. The molecule has 66 valence electrons. The van der Waals surface area contributed by atoms with Crippen molar-refractivity contribution in [3.05, 3.63) is 42.0 Å². The number of hydrogen-bond donors (Lipinski definition) is 1. The van der Waals surface area contributed by atoms with E-state index in [0.29, 0.717) is 0 Å². The van der Waals surface area contributed by atoms with Crippen LogP contribution >= 0.6 is 12.2 Å². The summed E-state index contributed by atoms with van der Waals surface area (Å²) in [6.45, 7) is 0. The molecule has 3 heteroatoms. The predicted molar refractivity (Wildman–Crippen MR) is 56.9 cm³/mol. The van der Waals surface area contributed by atoms with E-state index in [1.807, 2.05) is 30.3 Å². The van der Waals surface area contributed by atoms with Crippen LogP contribution in [0.1, 0.15) is 5.56 Å². The van der Waals surface area contributed by atoms with Gasteiger partial charge in [-0.2, -0.15) is 0 Å². The highest BCUT2D eigenvalue weighted by Crippen LogP contribution is 1.99. The molecule has 0 spiro atoms. The molecule has 0 amide bonds. The monoisotopic (exact) mass is 191 g/mol. The average Bonchev–Trinajstić information content (AvgIpc) is 2.18. The van der Waals surface area contributed by atoms with Crippen molar-refractivity contribution >= 4 is 29.7 Å². The van der Waals surface area contributed by atoms with Crippen LogP contribution in [0.15, 0.2) is 36.4 Å². The maximum Gasteiger partial charge on any atom is 0.142 e. The Bertz CT molecular complexity index is 300. The molecule has 0 unspecified atom stereocenters. The summed E-state index contributed by atoms with van der Waals surface area (Å²) in [6.07, 6.45) is 4.02. The lowest BCUT2D eigenvalue weighted by molar-refractivity contribution is -0.104. The number of allylic oxidation sites excluding steroid dienone is 1. The molecule has 0 aromatic heterocycles. The second-order valence-corrected chi connectivity index (χ2v) is 2.21. The van der Waals surface area contributed by atoms with E-state index >= 15 is 0 Å². The predicted octanol–water partition coefficient (Wildman–Crippen LogP) is 2.57. The molecule has 0 aliphatic heterocycles. The van der Waals surface area contributed by atoms with Crippen molar-refractivity contribution in [2.45, 2.75) is 0 Å². The van der Waals surface area contributed by atoms with E-state index in [0.717, 1.165) is 11.8 Å². The van der Waals surface area contributed by atoms with E-state index in [1.165, 1.54) is 6.08 Å². The van der Waals surface area contributed by atoms with Gasteiger partial charge in [-0.05, 0) is 23.9 Å². The zero-order chi connectivity index (χ0) is 9.94. The molecule has 0 atom stereocenters. The smallest absolute Gasteiger partial charge is 0.142 e. The highest BCUT2D eigenvalue weighted by molar-refractivity contribution is 7.78. The molecule has 1 N–H and O–H groups in total. The number of carbonyl (C=O) groups excluding carboxylic acids is 1. The topological polar surface area (TPSA) is 40.9 Å². The van der Waals surface area contributed by atoms with Gasteiger partial charge >= 0.3 is 0 Å². The molecule has 0 aliphatic carbocycles. The summed E-state index contributed by atoms with van der Waals surface area (Å²) >= 11 is 3.81. The van der Waals surface area contributed by atoms with Gasteiger partial charge in [-0.15, -0.1) is 0 Å². The van der Waals surface area contributed by atoms with Gasteiger partial charge in [0.15, 0.2) is 0 Å². The SMILES string of the molecule is N=C=S.O=CC=Cc1ccccc1. The maximum atomic E-state index is 9.89. The molecule has 1 aromatic rings. The first-order chi connectivity index (χ1) is 6.35. The number of thiocarbonyl (C=S) groups is 1. The standard InChI is InChI=1S/C9H8O.CHNS/c10-8-4-7-9-5-2-1-3-6-9;2-1-3/h1-8H;2H. The third-order valence-corrected chi connectivity index (χ3v) is 1.17. The number of nitrogens with one attached hydrogen (secondary N) is 1. The van der Waals surface area contributed by atoms with Crippen LogP contribution in [-0.2, 0) is 4.79 Å². The molecule has 0 aliphatic rings. The first kappa shape index (κ1) is 11.4. The van der Waals surface area contributed by atoms with Crippen molar-refractivity contribution in [2.75, 3.05) is 0 Å². The highest BCUT2D eigenvalue weighted by Gasteiger charge is 1.79. The van der Waals surface area contributed by atoms with Crippen molar-refractivity contribution in [3.8, 4) is 0 Å². The molecule has 2 nitrogen and oxygen atoms in total. The molecule has 1 rings (SSSR count). The first-order valence-electron chi connectivity index (χ1n) is 3.56. The lowest BCUT2D eigenvalue weighted by Crippen LogP contribution is -1.67. The zero-order valence-electron chi connectivity index (χ0n) is 6.94. The lowest BCUT2D eigenvalue weighted by Gasteiger charge is -1.86. The first-order valence-corrected chi connectivity index (χ1v) is 3.96. The van der Waals surface area contributed by atoms with Crippen molar-refractivity contribution in [1.29, 1.82) is 5.41 Å². The Kier molecular flexibility index (Phi) is 7.50. The van der Waals surface area contributed by atoms with Gasteiger partial charge in [0, 0.05) is 0 Å². The quantitative estimate of drug-likeness (QED) is 0.338. The van der Waals surface area contributed by atoms with Gasteiger partial charge in [0.1, 0.15) is 6.29 Å². The fourth-order valence-electron chi connectivity index (χ4n) is 0.715. The minimum Gasteiger partial charge on any atom is -0.299 e. The number of aldehydes is 1. The van der Waals surface area contributed by atoms with Crippen molar-refractivity contribution in [2.24, 2.45) is 0 Å². The molecule has 0 heterocycles. The number of hydrogen-bond acceptors (Lipinski definition) is 3. The van der Waals surface area contributed by atoms with Gasteiger partial charge in [-0.3, -0.25) is 4.79 Å². The summed E-state index contributed by atoms with van der Waals surface area (Å²) in [6, 6.07) is 9.70. The number of rotatable bonds is 2. The van der Waals surface area contributed by atoms with Gasteiger partial charge in [-0.1, -0.05) is 36.4 Å². The number of benzene rings is 1. The van der Waals surface area contributed by atoms with Crippen LogP contribution in [-0.4, -0.2) is 11.4 Å². The van der Waals surface area contributed by atoms with Gasteiger partial charge in [0.05, 0.1) is 5.16 Å². The van der Waals surface area contributed by atoms with E-state index in [4.69, 9.17) is 5.41 Å². The van der Waals surface area contributed by atoms with Crippen LogP contribution in [0.25, 0.3) is 6.08 Å². The molecule has 1 aromatic carbocycles. The van der Waals surface area contributed by atoms with Crippen LogP contribution in [0.4, 0.5) is 0 Å². The molecule has 0 saturated heterocycles. The Hall–Kier alpha value is -1.57. The van der Waals surface area contributed by atoms with Gasteiger partial charge in [-0.25, -0.2) is 5.41 Å². The van der Waals surface area contributed by atoms with Crippen LogP contribution in [0.5, 0.6) is 0 Å². The van der Waals surface area contributed by atoms with Gasteiger partial charge in [0.25, 0.3) is 0 Å². The third kappa shape index (κ3) is 6.81. The fraction of sp³-hybridized carbons (Fsp3) is 0. The van der Waals surface area contributed by atoms with Gasteiger partial charge in [0.2, 0.25) is 0 Å². The largest absolute Gasteiger partial charge is 0.299 e. The third-order valence-electron chi connectivity index (χ3n) is 1.17. The van der Waals surface area contributed by atoms with E-state index in [-0.39, 0.29) is 0 Å². The molecular formula is C10H9NOS. The Balaban J connectivity index is 0.000000424. The summed E-state index contributed by atoms with van der Waals surface area (Å²) in [4.78, 5) is 9.89. The number of carbonyl (C=O) groups is 1. The normalized spacial score (nSPS) is 8.31. The van der Waals surface area contributed by atoms with E-state index in [9.17, 15) is 4.79 Å². The Labute approximate surface area is 82.4 Å². The van der Waals surface area contributed by atoms with Crippen LogP contribution in [0.2, 0.25) is 0 Å². The maximum absolute atomic E-state index is 9.89. The number of isothiocyanates is 1. The summed E-state index contributed by atoms with van der Waals surface area (Å²) in [5.41, 5.74) is 1.05. The van der Waals surface area contributed by atoms with E-state index in [2.05, 4.69) is 12.2 Å². The fourth-order valence-corrected chi connectivity index (χ4v) is 0.715. The van der Waals surface area contributed by atoms with E-state index < -0.39 is 0 Å². The summed E-state index contributed by atoms with van der Waals surface area (Å²) in [5.74, 6) is 0. The minimum atomic E-state index is 0.771. The second-order valence-electron chi connectivity index (χ2n) is 2.01. The van der Waals surface area contributed by atoms with Crippen LogP contribution in [0.3, 0.4) is 0 Å². The van der Waals surface area contributed by atoms with E-state index in [1.54, 1.807) is 11.2 Å². The Morgan fingerprint density at radius 2 is 1.85 bits per heavy atom. The summed E-state index contributed by atoms with van der Waals surface area (Å²) in [5, 5.41) is 7.36. The van der Waals surface area contributed by atoms with Gasteiger partial charge < -0.3 is 0 Å². The molecule has 0 bridgehead atoms. The van der Waals surface area contributed by atoms with Crippen molar-refractivity contribution < 1.29 is 4.79 Å². The Morgan fingerprint density at radius 3 is 2.31 bits per heavy atom. The molecule has 0 radical (unpaired) electrons. The average molecular weight is 191 g/mol. The summed E-state index contributed by atoms with van der Waals surface area (Å²) in [7, 11) is 0. The van der Waals surface area contributed by atoms with Crippen molar-refractivity contribution in [3.63, 3.8) is 0 Å².